The summed E-state index contributed by atoms with van der Waals surface area (Å²) >= 11 is 0. The van der Waals surface area contributed by atoms with Gasteiger partial charge >= 0.3 is 0 Å². The van der Waals surface area contributed by atoms with Gasteiger partial charge in [0.05, 0.1) is 12.7 Å². The molecule has 0 radical (unpaired) electrons. The molecule has 0 aromatic heterocycles. The summed E-state index contributed by atoms with van der Waals surface area (Å²) in [4.78, 5) is 0. The van der Waals surface area contributed by atoms with Crippen LogP contribution < -0.4 is 4.74 Å². The van der Waals surface area contributed by atoms with Crippen LogP contribution in [-0.2, 0) is 0 Å². The molecule has 2 nitrogen and oxygen atoms in total. The zero-order valence-corrected chi connectivity index (χ0v) is 12.8. The maximum absolute atomic E-state index is 9.81. The standard InChI is InChI=1S/C17H28O2/c1-5-7-8-15(6-2)12-19-17-10-9-13(3)11-16(17)14(4)18/h9-11,14-15,18H,5-8,12H2,1-4H3/t14-,15?/m1/s1. The third-order valence-corrected chi connectivity index (χ3v) is 3.63. The van der Waals surface area contributed by atoms with E-state index in [0.29, 0.717) is 5.92 Å². The minimum atomic E-state index is -0.481. The highest BCUT2D eigenvalue weighted by atomic mass is 16.5. The van der Waals surface area contributed by atoms with E-state index in [1.807, 2.05) is 25.1 Å². The Bertz CT molecular complexity index is 372. The van der Waals surface area contributed by atoms with Crippen LogP contribution in [0.2, 0.25) is 0 Å². The minimum Gasteiger partial charge on any atom is -0.493 e. The molecule has 108 valence electrons. The van der Waals surface area contributed by atoms with Gasteiger partial charge in [-0.05, 0) is 38.3 Å². The molecule has 0 spiro atoms. The van der Waals surface area contributed by atoms with Crippen molar-refractivity contribution >= 4 is 0 Å². The van der Waals surface area contributed by atoms with Crippen molar-refractivity contribution in [2.75, 3.05) is 6.61 Å². The zero-order valence-electron chi connectivity index (χ0n) is 12.8. The molecule has 0 aliphatic heterocycles. The average Bonchev–Trinajstić information content (AvgIpc) is 2.40. The van der Waals surface area contributed by atoms with E-state index in [1.165, 1.54) is 19.3 Å². The maximum Gasteiger partial charge on any atom is 0.125 e. The van der Waals surface area contributed by atoms with E-state index in [-0.39, 0.29) is 0 Å². The first-order valence-corrected chi connectivity index (χ1v) is 7.49. The molecule has 0 fully saturated rings. The zero-order chi connectivity index (χ0) is 14.3. The van der Waals surface area contributed by atoms with Crippen LogP contribution in [0.5, 0.6) is 5.75 Å². The van der Waals surface area contributed by atoms with Crippen molar-refractivity contribution in [2.24, 2.45) is 5.92 Å². The number of unbranched alkanes of at least 4 members (excludes halogenated alkanes) is 1. The molecule has 0 amide bonds. The van der Waals surface area contributed by atoms with Crippen molar-refractivity contribution in [2.45, 2.75) is 59.5 Å². The van der Waals surface area contributed by atoms with Gasteiger partial charge in [0.2, 0.25) is 0 Å². The Labute approximate surface area is 117 Å². The Morgan fingerprint density at radius 1 is 1.26 bits per heavy atom. The van der Waals surface area contributed by atoms with Gasteiger partial charge in [-0.15, -0.1) is 0 Å². The van der Waals surface area contributed by atoms with Gasteiger partial charge in [-0.1, -0.05) is 44.7 Å². The van der Waals surface area contributed by atoms with Crippen LogP contribution in [0.25, 0.3) is 0 Å². The number of aryl methyl sites for hydroxylation is 1. The van der Waals surface area contributed by atoms with Gasteiger partial charge in [-0.25, -0.2) is 0 Å². The van der Waals surface area contributed by atoms with E-state index in [1.54, 1.807) is 6.92 Å². The second kappa shape index (κ2) is 8.21. The molecule has 1 aromatic carbocycles. The first-order chi connectivity index (χ1) is 9.08. The summed E-state index contributed by atoms with van der Waals surface area (Å²) in [6.07, 6.45) is 4.39. The van der Waals surface area contributed by atoms with Crippen molar-refractivity contribution < 1.29 is 9.84 Å². The van der Waals surface area contributed by atoms with Gasteiger partial charge < -0.3 is 9.84 Å². The smallest absolute Gasteiger partial charge is 0.125 e. The van der Waals surface area contributed by atoms with Crippen LogP contribution in [0.4, 0.5) is 0 Å². The predicted molar refractivity (Wildman–Crippen MR) is 80.6 cm³/mol. The lowest BCUT2D eigenvalue weighted by molar-refractivity contribution is 0.183. The number of ether oxygens (including phenoxy) is 1. The Kier molecular flexibility index (Phi) is 6.93. The van der Waals surface area contributed by atoms with Gasteiger partial charge in [-0.2, -0.15) is 0 Å². The molecule has 19 heavy (non-hydrogen) atoms. The van der Waals surface area contributed by atoms with Gasteiger partial charge in [-0.3, -0.25) is 0 Å². The van der Waals surface area contributed by atoms with E-state index in [9.17, 15) is 5.11 Å². The molecule has 0 aliphatic carbocycles. The molecule has 1 unspecified atom stereocenters. The molecule has 2 atom stereocenters. The number of rotatable bonds is 8. The molecule has 0 saturated heterocycles. The molecule has 1 rings (SSSR count). The van der Waals surface area contributed by atoms with Crippen molar-refractivity contribution in [3.05, 3.63) is 29.3 Å². The second-order valence-corrected chi connectivity index (χ2v) is 5.44. The third kappa shape index (κ3) is 5.23. The summed E-state index contributed by atoms with van der Waals surface area (Å²) in [5.41, 5.74) is 2.05. The summed E-state index contributed by atoms with van der Waals surface area (Å²) in [5.74, 6) is 1.44. The molecule has 2 heteroatoms. The van der Waals surface area contributed by atoms with Crippen molar-refractivity contribution in [1.29, 1.82) is 0 Å². The summed E-state index contributed by atoms with van der Waals surface area (Å²) < 4.78 is 5.94. The van der Waals surface area contributed by atoms with Gasteiger partial charge in [0.25, 0.3) is 0 Å². The van der Waals surface area contributed by atoms with E-state index >= 15 is 0 Å². The second-order valence-electron chi connectivity index (χ2n) is 5.44. The Balaban J connectivity index is 2.65. The minimum absolute atomic E-state index is 0.481. The van der Waals surface area contributed by atoms with Crippen LogP contribution >= 0.6 is 0 Å². The fourth-order valence-corrected chi connectivity index (χ4v) is 2.23. The third-order valence-electron chi connectivity index (χ3n) is 3.63. The lowest BCUT2D eigenvalue weighted by Crippen LogP contribution is -2.12. The lowest BCUT2D eigenvalue weighted by Gasteiger charge is -2.19. The highest BCUT2D eigenvalue weighted by Crippen LogP contribution is 2.27. The van der Waals surface area contributed by atoms with E-state index in [2.05, 4.69) is 13.8 Å². The molecule has 1 N–H and O–H groups in total. The fraction of sp³-hybridized carbons (Fsp3) is 0.647. The first-order valence-electron chi connectivity index (χ1n) is 7.49. The maximum atomic E-state index is 9.81. The summed E-state index contributed by atoms with van der Waals surface area (Å²) in [6.45, 7) is 9.01. The molecule has 1 aromatic rings. The van der Waals surface area contributed by atoms with Crippen LogP contribution in [0.1, 0.15) is 63.7 Å². The molecular formula is C17H28O2. The van der Waals surface area contributed by atoms with E-state index in [0.717, 1.165) is 29.9 Å². The largest absolute Gasteiger partial charge is 0.493 e. The molecular weight excluding hydrogens is 236 g/mol. The lowest BCUT2D eigenvalue weighted by atomic mass is 10.0. The Morgan fingerprint density at radius 3 is 2.58 bits per heavy atom. The van der Waals surface area contributed by atoms with Gasteiger partial charge in [0.15, 0.2) is 0 Å². The monoisotopic (exact) mass is 264 g/mol. The predicted octanol–water partition coefficient (Wildman–Crippen LogP) is 4.64. The van der Waals surface area contributed by atoms with Crippen molar-refractivity contribution in [1.82, 2.24) is 0 Å². The van der Waals surface area contributed by atoms with E-state index < -0.39 is 6.10 Å². The van der Waals surface area contributed by atoms with Crippen LogP contribution in [0, 0.1) is 12.8 Å². The summed E-state index contributed by atoms with van der Waals surface area (Å²) in [7, 11) is 0. The Morgan fingerprint density at radius 2 is 2.00 bits per heavy atom. The number of aliphatic hydroxyl groups is 1. The number of hydrogen-bond acceptors (Lipinski definition) is 2. The fourth-order valence-electron chi connectivity index (χ4n) is 2.23. The summed E-state index contributed by atoms with van der Waals surface area (Å²) in [6, 6.07) is 6.02. The molecule has 0 bridgehead atoms. The highest BCUT2D eigenvalue weighted by molar-refractivity contribution is 5.38. The highest BCUT2D eigenvalue weighted by Gasteiger charge is 2.12. The van der Waals surface area contributed by atoms with Gasteiger partial charge in [0, 0.05) is 5.56 Å². The SMILES string of the molecule is CCCCC(CC)COc1ccc(C)cc1[C@@H](C)O. The number of aliphatic hydroxyl groups excluding tert-OH is 1. The molecule has 0 saturated carbocycles. The van der Waals surface area contributed by atoms with E-state index in [4.69, 9.17) is 4.74 Å². The molecule has 0 heterocycles. The van der Waals surface area contributed by atoms with Crippen molar-refractivity contribution in [3.63, 3.8) is 0 Å². The molecule has 0 aliphatic rings. The van der Waals surface area contributed by atoms with Crippen LogP contribution in [0.3, 0.4) is 0 Å². The van der Waals surface area contributed by atoms with Crippen LogP contribution in [0.15, 0.2) is 18.2 Å². The summed E-state index contributed by atoms with van der Waals surface area (Å²) in [5, 5.41) is 9.81. The van der Waals surface area contributed by atoms with Gasteiger partial charge in [0.1, 0.15) is 5.75 Å². The normalized spacial score (nSPS) is 14.2. The van der Waals surface area contributed by atoms with Crippen molar-refractivity contribution in [3.8, 4) is 5.75 Å². The Hall–Kier alpha value is -1.02. The van der Waals surface area contributed by atoms with Crippen LogP contribution in [-0.4, -0.2) is 11.7 Å². The first kappa shape index (κ1) is 16.0. The number of hydrogen-bond donors (Lipinski definition) is 1. The quantitative estimate of drug-likeness (QED) is 0.741. The number of benzene rings is 1. The topological polar surface area (TPSA) is 29.5 Å². The average molecular weight is 264 g/mol.